The van der Waals surface area contributed by atoms with Gasteiger partial charge in [0.2, 0.25) is 0 Å². The van der Waals surface area contributed by atoms with Gasteiger partial charge in [-0.25, -0.2) is 0 Å². The van der Waals surface area contributed by atoms with Gasteiger partial charge in [0.25, 0.3) is 0 Å². The average Bonchev–Trinajstić information content (AvgIpc) is 2.22. The SMILES string of the molecule is Cc1cc(C)c(C2(C(N)CC(=O)O)COC2)cc1C. The number of aliphatic carboxylic acids is 1. The van der Waals surface area contributed by atoms with Crippen LogP contribution in [0.3, 0.4) is 0 Å². The second kappa shape index (κ2) is 4.94. The maximum Gasteiger partial charge on any atom is 0.304 e. The van der Waals surface area contributed by atoms with E-state index in [0.29, 0.717) is 13.2 Å². The van der Waals surface area contributed by atoms with Crippen LogP contribution in [-0.4, -0.2) is 30.3 Å². The molecule has 1 aromatic carbocycles. The third-order valence-corrected chi connectivity index (χ3v) is 4.20. The van der Waals surface area contributed by atoms with Crippen LogP contribution in [0.25, 0.3) is 0 Å². The largest absolute Gasteiger partial charge is 0.481 e. The van der Waals surface area contributed by atoms with E-state index >= 15 is 0 Å². The molecule has 1 aliphatic heterocycles. The van der Waals surface area contributed by atoms with Crippen molar-refractivity contribution in [1.29, 1.82) is 0 Å². The Morgan fingerprint density at radius 2 is 1.89 bits per heavy atom. The first-order chi connectivity index (χ1) is 8.86. The molecule has 4 heteroatoms. The van der Waals surface area contributed by atoms with Crippen molar-refractivity contribution in [3.05, 3.63) is 34.4 Å². The van der Waals surface area contributed by atoms with Crippen molar-refractivity contribution >= 4 is 5.97 Å². The minimum atomic E-state index is -0.861. The Morgan fingerprint density at radius 3 is 2.37 bits per heavy atom. The zero-order chi connectivity index (χ0) is 14.2. The summed E-state index contributed by atoms with van der Waals surface area (Å²) in [6.45, 7) is 7.20. The standard InChI is InChI=1S/C15H21NO3/c1-9-4-11(3)12(5-10(9)2)15(7-19-8-15)13(16)6-14(17)18/h4-5,13H,6-8,16H2,1-3H3,(H,17,18). The number of carbonyl (C=O) groups is 1. The van der Waals surface area contributed by atoms with Gasteiger partial charge in [0.05, 0.1) is 25.0 Å². The Morgan fingerprint density at radius 1 is 1.32 bits per heavy atom. The fourth-order valence-corrected chi connectivity index (χ4v) is 2.77. The number of hydrogen-bond acceptors (Lipinski definition) is 3. The number of carboxylic acids is 1. The maximum atomic E-state index is 10.9. The normalized spacial score (nSPS) is 18.7. The summed E-state index contributed by atoms with van der Waals surface area (Å²) in [6, 6.07) is 3.85. The molecule has 104 valence electrons. The number of ether oxygens (including phenoxy) is 1. The van der Waals surface area contributed by atoms with Gasteiger partial charge in [0.1, 0.15) is 0 Å². The lowest BCUT2D eigenvalue weighted by Gasteiger charge is -2.46. The average molecular weight is 263 g/mol. The van der Waals surface area contributed by atoms with Crippen LogP contribution in [0.1, 0.15) is 28.7 Å². The molecular weight excluding hydrogens is 242 g/mol. The molecule has 2 rings (SSSR count). The molecule has 1 saturated heterocycles. The molecule has 0 aromatic heterocycles. The van der Waals surface area contributed by atoms with E-state index in [1.807, 2.05) is 0 Å². The highest BCUT2D eigenvalue weighted by Gasteiger charge is 2.47. The van der Waals surface area contributed by atoms with Crippen LogP contribution >= 0.6 is 0 Å². The Kier molecular flexibility index (Phi) is 3.65. The number of rotatable bonds is 4. The van der Waals surface area contributed by atoms with E-state index in [-0.39, 0.29) is 11.8 Å². The number of carboxylic acid groups (broad SMARTS) is 1. The van der Waals surface area contributed by atoms with Gasteiger partial charge in [0, 0.05) is 6.04 Å². The molecule has 3 N–H and O–H groups in total. The van der Waals surface area contributed by atoms with Gasteiger partial charge in [-0.05, 0) is 43.0 Å². The Bertz CT molecular complexity index is 506. The molecule has 1 aliphatic rings. The second-order valence-corrected chi connectivity index (χ2v) is 5.60. The van der Waals surface area contributed by atoms with Crippen LogP contribution in [0.2, 0.25) is 0 Å². The van der Waals surface area contributed by atoms with E-state index in [9.17, 15) is 4.79 Å². The van der Waals surface area contributed by atoms with Crippen molar-refractivity contribution in [2.24, 2.45) is 5.73 Å². The zero-order valence-electron chi connectivity index (χ0n) is 11.7. The van der Waals surface area contributed by atoms with Crippen LogP contribution < -0.4 is 5.73 Å². The predicted octanol–water partition coefficient (Wildman–Crippen LogP) is 1.68. The minimum absolute atomic E-state index is 0.0320. The quantitative estimate of drug-likeness (QED) is 0.867. The monoisotopic (exact) mass is 263 g/mol. The molecule has 1 aromatic rings. The van der Waals surface area contributed by atoms with Gasteiger partial charge in [-0.15, -0.1) is 0 Å². The molecule has 0 saturated carbocycles. The lowest BCUT2D eigenvalue weighted by molar-refractivity contribution is -0.140. The third kappa shape index (κ3) is 2.38. The number of nitrogens with two attached hydrogens (primary N) is 1. The molecule has 0 radical (unpaired) electrons. The minimum Gasteiger partial charge on any atom is -0.481 e. The van der Waals surface area contributed by atoms with E-state index in [1.165, 1.54) is 11.1 Å². The fourth-order valence-electron chi connectivity index (χ4n) is 2.77. The molecule has 0 bridgehead atoms. The van der Waals surface area contributed by atoms with Crippen LogP contribution in [-0.2, 0) is 14.9 Å². The molecule has 1 unspecified atom stereocenters. The van der Waals surface area contributed by atoms with Crippen molar-refractivity contribution in [1.82, 2.24) is 0 Å². The summed E-state index contributed by atoms with van der Waals surface area (Å²) < 4.78 is 5.35. The van der Waals surface area contributed by atoms with Crippen molar-refractivity contribution in [3.8, 4) is 0 Å². The highest BCUT2D eigenvalue weighted by molar-refractivity contribution is 5.68. The summed E-state index contributed by atoms with van der Waals surface area (Å²) in [4.78, 5) is 10.9. The Labute approximate surface area is 113 Å². The Balaban J connectivity index is 2.41. The van der Waals surface area contributed by atoms with Gasteiger partial charge in [-0.3, -0.25) is 4.79 Å². The lowest BCUT2D eigenvalue weighted by atomic mass is 9.69. The van der Waals surface area contributed by atoms with Gasteiger partial charge < -0.3 is 15.6 Å². The van der Waals surface area contributed by atoms with Gasteiger partial charge in [0.15, 0.2) is 0 Å². The molecule has 0 amide bonds. The second-order valence-electron chi connectivity index (χ2n) is 5.60. The first-order valence-electron chi connectivity index (χ1n) is 6.50. The zero-order valence-corrected chi connectivity index (χ0v) is 11.7. The molecule has 19 heavy (non-hydrogen) atoms. The summed E-state index contributed by atoms with van der Waals surface area (Å²) in [5.74, 6) is -0.861. The van der Waals surface area contributed by atoms with E-state index in [0.717, 1.165) is 11.1 Å². The molecule has 4 nitrogen and oxygen atoms in total. The smallest absolute Gasteiger partial charge is 0.304 e. The van der Waals surface area contributed by atoms with Gasteiger partial charge in [-0.1, -0.05) is 12.1 Å². The van der Waals surface area contributed by atoms with Crippen LogP contribution in [0.5, 0.6) is 0 Å². The number of aryl methyl sites for hydroxylation is 3. The van der Waals surface area contributed by atoms with Gasteiger partial charge in [-0.2, -0.15) is 0 Å². The number of benzene rings is 1. The molecule has 1 heterocycles. The molecule has 0 aliphatic carbocycles. The van der Waals surface area contributed by atoms with E-state index < -0.39 is 12.0 Å². The number of hydrogen-bond donors (Lipinski definition) is 2. The lowest BCUT2D eigenvalue weighted by Crippen LogP contribution is -2.59. The highest BCUT2D eigenvalue weighted by atomic mass is 16.5. The highest BCUT2D eigenvalue weighted by Crippen LogP contribution is 2.38. The summed E-state index contributed by atoms with van der Waals surface area (Å²) in [5, 5.41) is 8.96. The summed E-state index contributed by atoms with van der Waals surface area (Å²) in [5.41, 5.74) is 10.5. The van der Waals surface area contributed by atoms with Crippen molar-refractivity contribution < 1.29 is 14.6 Å². The molecule has 1 fully saturated rings. The van der Waals surface area contributed by atoms with Crippen molar-refractivity contribution in [2.75, 3.05) is 13.2 Å². The predicted molar refractivity (Wildman–Crippen MR) is 73.4 cm³/mol. The fraction of sp³-hybridized carbons (Fsp3) is 0.533. The van der Waals surface area contributed by atoms with Crippen LogP contribution in [0.4, 0.5) is 0 Å². The van der Waals surface area contributed by atoms with Crippen molar-refractivity contribution in [3.63, 3.8) is 0 Å². The summed E-state index contributed by atoms with van der Waals surface area (Å²) in [7, 11) is 0. The molecular formula is C15H21NO3. The van der Waals surface area contributed by atoms with E-state index in [1.54, 1.807) is 0 Å². The Hall–Kier alpha value is -1.39. The third-order valence-electron chi connectivity index (χ3n) is 4.20. The molecule has 0 spiro atoms. The van der Waals surface area contributed by atoms with Crippen LogP contribution in [0.15, 0.2) is 12.1 Å². The first-order valence-corrected chi connectivity index (χ1v) is 6.50. The summed E-state index contributed by atoms with van der Waals surface area (Å²) >= 11 is 0. The van der Waals surface area contributed by atoms with Gasteiger partial charge >= 0.3 is 5.97 Å². The van der Waals surface area contributed by atoms with Crippen LogP contribution in [0, 0.1) is 20.8 Å². The summed E-state index contributed by atoms with van der Waals surface area (Å²) in [6.07, 6.45) is -0.0320. The van der Waals surface area contributed by atoms with E-state index in [4.69, 9.17) is 15.6 Å². The van der Waals surface area contributed by atoms with E-state index in [2.05, 4.69) is 32.9 Å². The molecule has 1 atom stereocenters. The van der Waals surface area contributed by atoms with Crippen molar-refractivity contribution in [2.45, 2.75) is 38.6 Å². The maximum absolute atomic E-state index is 10.9. The topological polar surface area (TPSA) is 72.6 Å². The first kappa shape index (κ1) is 14.0.